The molecule has 0 spiro atoms. The second-order valence-corrected chi connectivity index (χ2v) is 4.43. The van der Waals surface area contributed by atoms with Gasteiger partial charge in [0.1, 0.15) is 16.9 Å². The number of nitrogens with zero attached hydrogens (tertiary/aromatic N) is 3. The summed E-state index contributed by atoms with van der Waals surface area (Å²) in [4.78, 5) is 14.4. The number of nitro groups is 1. The number of aliphatic hydroxyl groups excluding tert-OH is 1. The van der Waals surface area contributed by atoms with Crippen LogP contribution in [0.3, 0.4) is 0 Å². The van der Waals surface area contributed by atoms with Gasteiger partial charge in [0.2, 0.25) is 0 Å². The number of benzene rings is 1. The Kier molecular flexibility index (Phi) is 3.73. The van der Waals surface area contributed by atoms with Gasteiger partial charge in [0, 0.05) is 18.5 Å². The van der Waals surface area contributed by atoms with Crippen LogP contribution in [-0.4, -0.2) is 19.6 Å². The summed E-state index contributed by atoms with van der Waals surface area (Å²) in [5.74, 6) is 0.522. The second-order valence-electron chi connectivity index (χ2n) is 3.64. The summed E-state index contributed by atoms with van der Waals surface area (Å²) in [7, 11) is 0. The molecule has 1 aromatic carbocycles. The molecular weight excluding hydrogens is 302 g/mol. The number of aliphatic hydroxyl groups is 1. The van der Waals surface area contributed by atoms with Crippen molar-refractivity contribution in [2.75, 3.05) is 0 Å². The van der Waals surface area contributed by atoms with Gasteiger partial charge in [0.05, 0.1) is 11.5 Å². The molecule has 2 rings (SSSR count). The van der Waals surface area contributed by atoms with Gasteiger partial charge < -0.3 is 9.67 Å². The molecule has 0 unspecified atom stereocenters. The number of halogens is 1. The van der Waals surface area contributed by atoms with Gasteiger partial charge in [-0.1, -0.05) is 12.1 Å². The van der Waals surface area contributed by atoms with Crippen molar-refractivity contribution in [3.8, 4) is 0 Å². The molecule has 1 aromatic heterocycles. The quantitative estimate of drug-likeness (QED) is 0.692. The van der Waals surface area contributed by atoms with Crippen LogP contribution < -0.4 is 0 Å². The Morgan fingerprint density at radius 1 is 1.50 bits per heavy atom. The molecule has 0 fully saturated rings. The van der Waals surface area contributed by atoms with Crippen LogP contribution in [0.2, 0.25) is 0 Å². The predicted octanol–water partition coefficient (Wildman–Crippen LogP) is 2.09. The van der Waals surface area contributed by atoms with Crippen molar-refractivity contribution in [1.29, 1.82) is 0 Å². The maximum atomic E-state index is 10.8. The lowest BCUT2D eigenvalue weighted by atomic mass is 10.2. The van der Waals surface area contributed by atoms with E-state index in [1.807, 2.05) is 0 Å². The molecule has 1 heterocycles. The van der Waals surface area contributed by atoms with E-state index in [9.17, 15) is 10.1 Å². The number of hydrogen-bond acceptors (Lipinski definition) is 4. The number of imidazole rings is 1. The summed E-state index contributed by atoms with van der Waals surface area (Å²) in [6.07, 6.45) is 3.30. The molecule has 0 saturated carbocycles. The van der Waals surface area contributed by atoms with E-state index in [1.54, 1.807) is 29.1 Å². The highest BCUT2D eigenvalue weighted by Gasteiger charge is 2.15. The fraction of sp³-hybridized carbons (Fsp3) is 0.182. The van der Waals surface area contributed by atoms with Crippen LogP contribution >= 0.6 is 15.9 Å². The van der Waals surface area contributed by atoms with E-state index in [0.29, 0.717) is 16.8 Å². The monoisotopic (exact) mass is 311 g/mol. The molecule has 1 N–H and O–H groups in total. The molecule has 18 heavy (non-hydrogen) atoms. The van der Waals surface area contributed by atoms with E-state index >= 15 is 0 Å². The van der Waals surface area contributed by atoms with E-state index in [4.69, 9.17) is 5.11 Å². The van der Waals surface area contributed by atoms with Crippen LogP contribution in [0.5, 0.6) is 0 Å². The van der Waals surface area contributed by atoms with Gasteiger partial charge in [0.25, 0.3) is 5.69 Å². The summed E-state index contributed by atoms with van der Waals surface area (Å²) in [5, 5.41) is 19.9. The standard InChI is InChI=1S/C11H10BrN3O3/c12-11-8(2-1-3-9(11)15(17)18)6-14-5-4-13-10(14)7-16/h1-5,16H,6-7H2. The van der Waals surface area contributed by atoms with Crippen LogP contribution in [0.1, 0.15) is 11.4 Å². The molecule has 2 aromatic rings. The van der Waals surface area contributed by atoms with Crippen molar-refractivity contribution < 1.29 is 10.0 Å². The van der Waals surface area contributed by atoms with Gasteiger partial charge in [-0.15, -0.1) is 0 Å². The fourth-order valence-electron chi connectivity index (χ4n) is 1.65. The highest BCUT2D eigenvalue weighted by molar-refractivity contribution is 9.10. The Bertz CT molecular complexity index is 583. The number of aromatic nitrogens is 2. The Morgan fingerprint density at radius 2 is 2.28 bits per heavy atom. The van der Waals surface area contributed by atoms with Crippen molar-refractivity contribution in [3.63, 3.8) is 0 Å². The SMILES string of the molecule is O=[N+]([O-])c1cccc(Cn2ccnc2CO)c1Br. The van der Waals surface area contributed by atoms with Crippen LogP contribution in [-0.2, 0) is 13.2 Å². The third-order valence-electron chi connectivity index (χ3n) is 2.54. The van der Waals surface area contributed by atoms with Crippen LogP contribution in [0, 0.1) is 10.1 Å². The van der Waals surface area contributed by atoms with E-state index in [0.717, 1.165) is 5.56 Å². The second kappa shape index (κ2) is 5.28. The predicted molar refractivity (Wildman–Crippen MR) is 68.0 cm³/mol. The third-order valence-corrected chi connectivity index (χ3v) is 3.45. The van der Waals surface area contributed by atoms with E-state index in [-0.39, 0.29) is 12.3 Å². The lowest BCUT2D eigenvalue weighted by molar-refractivity contribution is -0.385. The summed E-state index contributed by atoms with van der Waals surface area (Å²) in [5.41, 5.74) is 0.787. The topological polar surface area (TPSA) is 81.2 Å². The van der Waals surface area contributed by atoms with Crippen LogP contribution in [0.4, 0.5) is 5.69 Å². The largest absolute Gasteiger partial charge is 0.388 e. The smallest absolute Gasteiger partial charge is 0.283 e. The average Bonchev–Trinajstić information content (AvgIpc) is 2.78. The highest BCUT2D eigenvalue weighted by atomic mass is 79.9. The zero-order valence-corrected chi connectivity index (χ0v) is 10.9. The first kappa shape index (κ1) is 12.7. The molecular formula is C11H10BrN3O3. The lowest BCUT2D eigenvalue weighted by Crippen LogP contribution is -2.05. The molecule has 6 nitrogen and oxygen atoms in total. The van der Waals surface area contributed by atoms with Gasteiger partial charge in [-0.2, -0.15) is 0 Å². The summed E-state index contributed by atoms with van der Waals surface area (Å²) < 4.78 is 2.19. The minimum absolute atomic E-state index is 0.0261. The molecule has 0 saturated heterocycles. The van der Waals surface area contributed by atoms with E-state index in [1.165, 1.54) is 6.07 Å². The maximum Gasteiger partial charge on any atom is 0.283 e. The molecule has 94 valence electrons. The number of nitro benzene ring substituents is 1. The van der Waals surface area contributed by atoms with Gasteiger partial charge in [0.15, 0.2) is 0 Å². The van der Waals surface area contributed by atoms with Crippen molar-refractivity contribution in [2.24, 2.45) is 0 Å². The van der Waals surface area contributed by atoms with Gasteiger partial charge >= 0.3 is 0 Å². The van der Waals surface area contributed by atoms with Crippen molar-refractivity contribution in [3.05, 3.63) is 56.6 Å². The van der Waals surface area contributed by atoms with Gasteiger partial charge in [-0.05, 0) is 21.5 Å². The number of hydrogen-bond donors (Lipinski definition) is 1. The van der Waals surface area contributed by atoms with E-state index in [2.05, 4.69) is 20.9 Å². The van der Waals surface area contributed by atoms with Gasteiger partial charge in [-0.25, -0.2) is 4.98 Å². The Balaban J connectivity index is 2.35. The first-order valence-electron chi connectivity index (χ1n) is 5.16. The Morgan fingerprint density at radius 3 is 2.94 bits per heavy atom. The minimum Gasteiger partial charge on any atom is -0.388 e. The fourth-order valence-corrected chi connectivity index (χ4v) is 2.18. The Hall–Kier alpha value is -1.73. The molecule has 0 amide bonds. The normalized spacial score (nSPS) is 10.6. The molecule has 7 heteroatoms. The van der Waals surface area contributed by atoms with Crippen molar-refractivity contribution in [2.45, 2.75) is 13.2 Å². The average molecular weight is 312 g/mol. The zero-order chi connectivity index (χ0) is 13.1. The summed E-state index contributed by atoms with van der Waals surface area (Å²) in [6, 6.07) is 4.86. The maximum absolute atomic E-state index is 10.8. The molecule has 0 bridgehead atoms. The van der Waals surface area contributed by atoms with Crippen molar-refractivity contribution in [1.82, 2.24) is 9.55 Å². The first-order valence-corrected chi connectivity index (χ1v) is 5.95. The Labute approximate surface area is 111 Å². The summed E-state index contributed by atoms with van der Waals surface area (Å²) >= 11 is 3.24. The minimum atomic E-state index is -0.436. The van der Waals surface area contributed by atoms with Crippen LogP contribution in [0.15, 0.2) is 35.1 Å². The number of rotatable bonds is 4. The lowest BCUT2D eigenvalue weighted by Gasteiger charge is -2.08. The highest BCUT2D eigenvalue weighted by Crippen LogP contribution is 2.28. The molecule has 0 radical (unpaired) electrons. The summed E-state index contributed by atoms with van der Waals surface area (Å²) in [6.45, 7) is 0.248. The third kappa shape index (κ3) is 2.41. The van der Waals surface area contributed by atoms with Crippen molar-refractivity contribution >= 4 is 21.6 Å². The first-order chi connectivity index (χ1) is 8.63. The zero-order valence-electron chi connectivity index (χ0n) is 9.28. The molecule has 0 aliphatic heterocycles. The molecule has 0 atom stereocenters. The van der Waals surface area contributed by atoms with E-state index < -0.39 is 4.92 Å². The van der Waals surface area contributed by atoms with Crippen LogP contribution in [0.25, 0.3) is 0 Å². The molecule has 0 aliphatic carbocycles. The van der Waals surface area contributed by atoms with Gasteiger partial charge in [-0.3, -0.25) is 10.1 Å². The molecule has 0 aliphatic rings.